The van der Waals surface area contributed by atoms with Crippen LogP contribution in [0.15, 0.2) is 12.7 Å². The van der Waals surface area contributed by atoms with Gasteiger partial charge in [0.05, 0.1) is 12.6 Å². The van der Waals surface area contributed by atoms with Crippen LogP contribution in [0.1, 0.15) is 6.92 Å². The van der Waals surface area contributed by atoms with Crippen LogP contribution in [0.5, 0.6) is 0 Å². The summed E-state index contributed by atoms with van der Waals surface area (Å²) in [6.45, 7) is 3.02. The van der Waals surface area contributed by atoms with Gasteiger partial charge >= 0.3 is 0 Å². The molecule has 1 heterocycles. The van der Waals surface area contributed by atoms with Crippen LogP contribution >= 0.6 is 0 Å². The van der Waals surface area contributed by atoms with E-state index in [1.54, 1.807) is 18.1 Å². The Bertz CT molecular complexity index is 271. The van der Waals surface area contributed by atoms with Gasteiger partial charge in [-0.25, -0.2) is 4.98 Å². The molecule has 0 bridgehead atoms. The smallest absolute Gasteiger partial charge is 0.236 e. The summed E-state index contributed by atoms with van der Waals surface area (Å²) in [5.74, 6) is -0.00684. The van der Waals surface area contributed by atoms with Crippen molar-refractivity contribution in [3.05, 3.63) is 12.7 Å². The van der Waals surface area contributed by atoms with Gasteiger partial charge in [-0.3, -0.25) is 9.48 Å². The third kappa shape index (κ3) is 3.14. The first-order chi connectivity index (χ1) is 6.74. The summed E-state index contributed by atoms with van der Waals surface area (Å²) in [7, 11) is 1.75. The lowest BCUT2D eigenvalue weighted by atomic mass is 10.3. The fourth-order valence-electron chi connectivity index (χ4n) is 0.926. The average Bonchev–Trinajstić information content (AvgIpc) is 2.69. The molecule has 0 unspecified atom stereocenters. The number of hydrogen-bond acceptors (Lipinski definition) is 4. The molecule has 0 fully saturated rings. The number of amides is 1. The summed E-state index contributed by atoms with van der Waals surface area (Å²) in [6, 6.07) is -0.161. The summed E-state index contributed by atoms with van der Waals surface area (Å²) in [4.78, 5) is 15.1. The first-order valence-electron chi connectivity index (χ1n) is 4.51. The largest absolute Gasteiger partial charge is 0.353 e. The minimum absolute atomic E-state index is 0.00684. The van der Waals surface area contributed by atoms with Gasteiger partial charge in [-0.1, -0.05) is 0 Å². The third-order valence-electron chi connectivity index (χ3n) is 1.93. The third-order valence-corrected chi connectivity index (χ3v) is 1.93. The Labute approximate surface area is 82.7 Å². The Morgan fingerprint density at radius 2 is 2.43 bits per heavy atom. The Morgan fingerprint density at radius 3 is 3.00 bits per heavy atom. The molecule has 6 heteroatoms. The van der Waals surface area contributed by atoms with Crippen LogP contribution in [0.2, 0.25) is 0 Å². The molecule has 0 spiro atoms. The maximum Gasteiger partial charge on any atom is 0.236 e. The van der Waals surface area contributed by atoms with E-state index >= 15 is 0 Å². The van der Waals surface area contributed by atoms with Gasteiger partial charge in [-0.15, -0.1) is 0 Å². The lowest BCUT2D eigenvalue weighted by molar-refractivity contribution is -0.122. The summed E-state index contributed by atoms with van der Waals surface area (Å²) >= 11 is 0. The molecule has 0 aliphatic carbocycles. The van der Waals surface area contributed by atoms with Crippen molar-refractivity contribution in [2.45, 2.75) is 19.5 Å². The van der Waals surface area contributed by atoms with E-state index in [0.717, 1.165) is 0 Å². The average molecular weight is 197 g/mol. The zero-order valence-corrected chi connectivity index (χ0v) is 8.40. The van der Waals surface area contributed by atoms with E-state index in [2.05, 4.69) is 20.7 Å². The number of nitrogens with one attached hydrogen (secondary N) is 2. The van der Waals surface area contributed by atoms with Gasteiger partial charge in [0.2, 0.25) is 5.91 Å². The Balaban J connectivity index is 2.18. The number of rotatable bonds is 5. The second-order valence-electron chi connectivity index (χ2n) is 2.96. The number of nitrogens with zero attached hydrogens (tertiary/aromatic N) is 3. The highest BCUT2D eigenvalue weighted by Crippen LogP contribution is 1.81. The van der Waals surface area contributed by atoms with E-state index < -0.39 is 0 Å². The zero-order chi connectivity index (χ0) is 10.4. The van der Waals surface area contributed by atoms with Gasteiger partial charge in [0.15, 0.2) is 0 Å². The zero-order valence-electron chi connectivity index (χ0n) is 8.40. The van der Waals surface area contributed by atoms with Crippen LogP contribution < -0.4 is 10.6 Å². The van der Waals surface area contributed by atoms with E-state index in [9.17, 15) is 4.79 Å². The number of carbonyl (C=O) groups is 1. The molecule has 0 saturated heterocycles. The fraction of sp³-hybridized carbons (Fsp3) is 0.625. The first-order valence-corrected chi connectivity index (χ1v) is 4.51. The summed E-state index contributed by atoms with van der Waals surface area (Å²) in [5.41, 5.74) is 0. The molecule has 0 aliphatic heterocycles. The second-order valence-corrected chi connectivity index (χ2v) is 2.96. The van der Waals surface area contributed by atoms with Crippen molar-refractivity contribution < 1.29 is 4.79 Å². The monoisotopic (exact) mass is 197 g/mol. The molecule has 0 radical (unpaired) electrons. The molecule has 14 heavy (non-hydrogen) atoms. The van der Waals surface area contributed by atoms with Crippen molar-refractivity contribution >= 4 is 5.91 Å². The van der Waals surface area contributed by atoms with E-state index in [1.165, 1.54) is 6.33 Å². The Morgan fingerprint density at radius 1 is 1.64 bits per heavy atom. The highest BCUT2D eigenvalue weighted by Gasteiger charge is 2.08. The van der Waals surface area contributed by atoms with E-state index in [4.69, 9.17) is 0 Å². The Kier molecular flexibility index (Phi) is 4.06. The number of aromatic nitrogens is 3. The van der Waals surface area contributed by atoms with Crippen LogP contribution in [0.25, 0.3) is 0 Å². The van der Waals surface area contributed by atoms with Crippen LogP contribution in [-0.2, 0) is 11.3 Å². The lowest BCUT2D eigenvalue weighted by Crippen LogP contribution is -2.41. The van der Waals surface area contributed by atoms with Crippen molar-refractivity contribution in [2.24, 2.45) is 0 Å². The van der Waals surface area contributed by atoms with Gasteiger partial charge in [0, 0.05) is 6.54 Å². The standard InChI is InChI=1S/C8H15N5O/c1-7(9-2)8(14)11-3-4-13-6-10-5-12-13/h5-7,9H,3-4H2,1-2H3,(H,11,14)/t7-/m0/s1. The quantitative estimate of drug-likeness (QED) is 0.635. The minimum Gasteiger partial charge on any atom is -0.353 e. The van der Waals surface area contributed by atoms with Crippen molar-refractivity contribution in [2.75, 3.05) is 13.6 Å². The molecule has 1 amide bonds. The summed E-state index contributed by atoms with van der Waals surface area (Å²) < 4.78 is 1.67. The topological polar surface area (TPSA) is 71.8 Å². The van der Waals surface area contributed by atoms with E-state index in [-0.39, 0.29) is 11.9 Å². The number of hydrogen-bond donors (Lipinski definition) is 2. The second kappa shape index (κ2) is 5.33. The molecule has 2 N–H and O–H groups in total. The Hall–Kier alpha value is -1.43. The molecule has 1 rings (SSSR count). The van der Waals surface area contributed by atoms with E-state index in [0.29, 0.717) is 13.1 Å². The minimum atomic E-state index is -0.161. The highest BCUT2D eigenvalue weighted by molar-refractivity contribution is 5.81. The molecule has 6 nitrogen and oxygen atoms in total. The lowest BCUT2D eigenvalue weighted by Gasteiger charge is -2.10. The first kappa shape index (κ1) is 10.6. The van der Waals surface area contributed by atoms with Crippen molar-refractivity contribution in [1.82, 2.24) is 25.4 Å². The molecular formula is C8H15N5O. The number of carbonyl (C=O) groups excluding carboxylic acids is 1. The summed E-state index contributed by atoms with van der Waals surface area (Å²) in [6.07, 6.45) is 3.09. The van der Waals surface area contributed by atoms with Crippen molar-refractivity contribution in [1.29, 1.82) is 0 Å². The molecule has 1 aromatic heterocycles. The maximum absolute atomic E-state index is 11.3. The molecule has 0 saturated carbocycles. The predicted molar refractivity (Wildman–Crippen MR) is 51.6 cm³/mol. The van der Waals surface area contributed by atoms with Gasteiger partial charge in [0.1, 0.15) is 12.7 Å². The van der Waals surface area contributed by atoms with Crippen LogP contribution in [0, 0.1) is 0 Å². The van der Waals surface area contributed by atoms with Crippen molar-refractivity contribution in [3.63, 3.8) is 0 Å². The molecule has 78 valence electrons. The maximum atomic E-state index is 11.3. The van der Waals surface area contributed by atoms with Crippen LogP contribution in [-0.4, -0.2) is 40.3 Å². The van der Waals surface area contributed by atoms with Crippen molar-refractivity contribution in [3.8, 4) is 0 Å². The summed E-state index contributed by atoms with van der Waals surface area (Å²) in [5, 5.41) is 9.56. The van der Waals surface area contributed by atoms with Gasteiger partial charge in [-0.05, 0) is 14.0 Å². The molecule has 1 aromatic rings. The molecular weight excluding hydrogens is 182 g/mol. The molecule has 1 atom stereocenters. The fourth-order valence-corrected chi connectivity index (χ4v) is 0.926. The van der Waals surface area contributed by atoms with Crippen LogP contribution in [0.3, 0.4) is 0 Å². The normalized spacial score (nSPS) is 12.4. The van der Waals surface area contributed by atoms with E-state index in [1.807, 2.05) is 6.92 Å². The highest BCUT2D eigenvalue weighted by atomic mass is 16.2. The molecule has 0 aliphatic rings. The predicted octanol–water partition coefficient (Wildman–Crippen LogP) is -0.998. The van der Waals surface area contributed by atoms with Gasteiger partial charge in [-0.2, -0.15) is 5.10 Å². The van der Waals surface area contributed by atoms with Crippen LogP contribution in [0.4, 0.5) is 0 Å². The number of likely N-dealkylation sites (N-methyl/N-ethyl adjacent to an activating group) is 1. The van der Waals surface area contributed by atoms with Gasteiger partial charge in [0.25, 0.3) is 0 Å². The van der Waals surface area contributed by atoms with Gasteiger partial charge < -0.3 is 10.6 Å². The molecule has 0 aromatic carbocycles. The SMILES string of the molecule is CN[C@@H](C)C(=O)NCCn1cncn1.